The SMILES string of the molecule is COC(=O)Cc1cc(C(F)F)nc(C#N)c1N. The normalized spacial score (nSPS) is 10.1. The van der Waals surface area contributed by atoms with Crippen molar-refractivity contribution in [3.05, 3.63) is 23.0 Å². The predicted octanol–water partition coefficient (Wildman–Crippen LogP) is 1.19. The molecule has 0 saturated heterocycles. The van der Waals surface area contributed by atoms with E-state index in [2.05, 4.69) is 9.72 Å². The number of carbonyl (C=O) groups is 1. The number of nitrogen functional groups attached to an aromatic ring is 1. The van der Waals surface area contributed by atoms with Crippen LogP contribution in [0.1, 0.15) is 23.4 Å². The summed E-state index contributed by atoms with van der Waals surface area (Å²) in [5.41, 5.74) is 4.65. The van der Waals surface area contributed by atoms with Crippen molar-refractivity contribution in [2.45, 2.75) is 12.8 Å². The van der Waals surface area contributed by atoms with E-state index in [1.165, 1.54) is 7.11 Å². The lowest BCUT2D eigenvalue weighted by Gasteiger charge is -2.08. The molecule has 1 aromatic rings. The summed E-state index contributed by atoms with van der Waals surface area (Å²) in [7, 11) is 1.17. The molecular weight excluding hydrogens is 232 g/mol. The third-order valence-electron chi connectivity index (χ3n) is 2.06. The lowest BCUT2D eigenvalue weighted by Crippen LogP contribution is -2.10. The highest BCUT2D eigenvalue weighted by atomic mass is 19.3. The number of aromatic nitrogens is 1. The Hall–Kier alpha value is -2.23. The highest BCUT2D eigenvalue weighted by Gasteiger charge is 2.17. The second kappa shape index (κ2) is 5.21. The van der Waals surface area contributed by atoms with E-state index < -0.39 is 18.1 Å². The Morgan fingerprint density at radius 1 is 1.71 bits per heavy atom. The third kappa shape index (κ3) is 2.87. The van der Waals surface area contributed by atoms with Gasteiger partial charge < -0.3 is 10.5 Å². The molecule has 17 heavy (non-hydrogen) atoms. The maximum Gasteiger partial charge on any atom is 0.310 e. The molecule has 0 radical (unpaired) electrons. The Balaban J connectivity index is 3.24. The maximum absolute atomic E-state index is 12.5. The van der Waals surface area contributed by atoms with Crippen LogP contribution in [0.3, 0.4) is 0 Å². The van der Waals surface area contributed by atoms with Gasteiger partial charge in [0.25, 0.3) is 6.43 Å². The number of hydrogen-bond acceptors (Lipinski definition) is 5. The molecule has 90 valence electrons. The Morgan fingerprint density at radius 3 is 2.82 bits per heavy atom. The van der Waals surface area contributed by atoms with Crippen LogP contribution in [0.25, 0.3) is 0 Å². The van der Waals surface area contributed by atoms with Gasteiger partial charge in [-0.1, -0.05) is 0 Å². The van der Waals surface area contributed by atoms with Crippen LogP contribution in [-0.2, 0) is 16.0 Å². The molecule has 0 aliphatic rings. The van der Waals surface area contributed by atoms with Crippen LogP contribution in [0.2, 0.25) is 0 Å². The number of alkyl halides is 2. The topological polar surface area (TPSA) is 89.0 Å². The number of pyridine rings is 1. The minimum absolute atomic E-state index is 0.0812. The van der Waals surface area contributed by atoms with Gasteiger partial charge in [-0.05, 0) is 11.6 Å². The van der Waals surface area contributed by atoms with E-state index in [9.17, 15) is 13.6 Å². The summed E-state index contributed by atoms with van der Waals surface area (Å²) >= 11 is 0. The summed E-state index contributed by atoms with van der Waals surface area (Å²) in [5.74, 6) is -0.632. The summed E-state index contributed by atoms with van der Waals surface area (Å²) in [6.45, 7) is 0. The molecule has 0 atom stereocenters. The molecule has 0 spiro atoms. The first-order chi connectivity index (χ1) is 7.99. The van der Waals surface area contributed by atoms with Gasteiger partial charge in [0.1, 0.15) is 11.8 Å². The number of hydrogen-bond donors (Lipinski definition) is 1. The molecule has 0 saturated carbocycles. The predicted molar refractivity (Wildman–Crippen MR) is 54.0 cm³/mol. The quantitative estimate of drug-likeness (QED) is 0.803. The summed E-state index contributed by atoms with van der Waals surface area (Å²) in [6, 6.07) is 2.60. The summed E-state index contributed by atoms with van der Waals surface area (Å²) < 4.78 is 29.4. The zero-order chi connectivity index (χ0) is 13.0. The first kappa shape index (κ1) is 12.8. The molecule has 0 bridgehead atoms. The number of rotatable bonds is 3. The van der Waals surface area contributed by atoms with Gasteiger partial charge in [-0.2, -0.15) is 5.26 Å². The molecule has 1 aromatic heterocycles. The zero-order valence-electron chi connectivity index (χ0n) is 8.91. The molecule has 1 heterocycles. The molecule has 0 amide bonds. The fourth-order valence-corrected chi connectivity index (χ4v) is 1.20. The van der Waals surface area contributed by atoms with Gasteiger partial charge in [-0.3, -0.25) is 4.79 Å². The number of nitrogens with two attached hydrogens (primary N) is 1. The van der Waals surface area contributed by atoms with Gasteiger partial charge in [0.05, 0.1) is 19.2 Å². The standard InChI is InChI=1S/C10H9F2N3O2/c1-17-8(16)3-5-2-6(10(11)12)15-7(4-13)9(5)14/h2,10H,3,14H2,1H3. The van der Waals surface area contributed by atoms with Crippen molar-refractivity contribution in [2.75, 3.05) is 12.8 Å². The average Bonchev–Trinajstić information content (AvgIpc) is 2.31. The van der Waals surface area contributed by atoms with Crippen molar-refractivity contribution in [1.29, 1.82) is 5.26 Å². The number of anilines is 1. The number of methoxy groups -OCH3 is 1. The van der Waals surface area contributed by atoms with Crippen molar-refractivity contribution in [2.24, 2.45) is 0 Å². The second-order valence-electron chi connectivity index (χ2n) is 3.13. The van der Waals surface area contributed by atoms with Gasteiger partial charge in [-0.25, -0.2) is 13.8 Å². The highest BCUT2D eigenvalue weighted by Crippen LogP contribution is 2.23. The number of halogens is 2. The highest BCUT2D eigenvalue weighted by molar-refractivity contribution is 5.75. The Morgan fingerprint density at radius 2 is 2.35 bits per heavy atom. The van der Waals surface area contributed by atoms with E-state index in [4.69, 9.17) is 11.0 Å². The molecule has 0 fully saturated rings. The Labute approximate surface area is 95.8 Å². The first-order valence-electron chi connectivity index (χ1n) is 4.54. The smallest absolute Gasteiger partial charge is 0.310 e. The van der Waals surface area contributed by atoms with Crippen molar-refractivity contribution in [3.63, 3.8) is 0 Å². The van der Waals surface area contributed by atoms with Crippen LogP contribution in [-0.4, -0.2) is 18.1 Å². The van der Waals surface area contributed by atoms with Gasteiger partial charge in [0, 0.05) is 0 Å². The van der Waals surface area contributed by atoms with E-state index in [-0.39, 0.29) is 23.4 Å². The summed E-state index contributed by atoms with van der Waals surface area (Å²) in [4.78, 5) is 14.4. The maximum atomic E-state index is 12.5. The van der Waals surface area contributed by atoms with E-state index in [1.54, 1.807) is 6.07 Å². The van der Waals surface area contributed by atoms with Gasteiger partial charge in [0.2, 0.25) is 0 Å². The minimum Gasteiger partial charge on any atom is -0.469 e. The lowest BCUT2D eigenvalue weighted by molar-refractivity contribution is -0.139. The number of nitriles is 1. The van der Waals surface area contributed by atoms with Crippen molar-refractivity contribution in [1.82, 2.24) is 4.98 Å². The monoisotopic (exact) mass is 241 g/mol. The molecule has 1 rings (SSSR count). The fraction of sp³-hybridized carbons (Fsp3) is 0.300. The zero-order valence-corrected chi connectivity index (χ0v) is 8.91. The third-order valence-corrected chi connectivity index (χ3v) is 2.06. The number of nitrogens with zero attached hydrogens (tertiary/aromatic N) is 2. The fourth-order valence-electron chi connectivity index (χ4n) is 1.20. The van der Waals surface area contributed by atoms with E-state index in [1.807, 2.05) is 0 Å². The lowest BCUT2D eigenvalue weighted by atomic mass is 10.1. The van der Waals surface area contributed by atoms with Crippen LogP contribution < -0.4 is 5.73 Å². The first-order valence-corrected chi connectivity index (χ1v) is 4.54. The molecule has 0 aromatic carbocycles. The Bertz CT molecular complexity index is 483. The molecule has 0 aliphatic carbocycles. The van der Waals surface area contributed by atoms with Crippen LogP contribution in [0, 0.1) is 11.3 Å². The van der Waals surface area contributed by atoms with Crippen molar-refractivity contribution >= 4 is 11.7 Å². The second-order valence-corrected chi connectivity index (χ2v) is 3.13. The van der Waals surface area contributed by atoms with Crippen LogP contribution in [0.15, 0.2) is 6.07 Å². The number of esters is 1. The summed E-state index contributed by atoms with van der Waals surface area (Å²) in [5, 5.41) is 8.69. The minimum atomic E-state index is -2.83. The molecule has 0 aliphatic heterocycles. The van der Waals surface area contributed by atoms with Crippen LogP contribution in [0.5, 0.6) is 0 Å². The molecular formula is C10H9F2N3O2. The van der Waals surface area contributed by atoms with Gasteiger partial charge in [-0.15, -0.1) is 0 Å². The van der Waals surface area contributed by atoms with E-state index in [0.717, 1.165) is 6.07 Å². The molecule has 7 heteroatoms. The van der Waals surface area contributed by atoms with Crippen LogP contribution >= 0.6 is 0 Å². The molecule has 0 unspecified atom stereocenters. The average molecular weight is 241 g/mol. The van der Waals surface area contributed by atoms with E-state index >= 15 is 0 Å². The van der Waals surface area contributed by atoms with E-state index in [0.29, 0.717) is 0 Å². The van der Waals surface area contributed by atoms with Crippen molar-refractivity contribution in [3.8, 4) is 6.07 Å². The van der Waals surface area contributed by atoms with Gasteiger partial charge >= 0.3 is 5.97 Å². The number of ether oxygens (including phenoxy) is 1. The van der Waals surface area contributed by atoms with Crippen LogP contribution in [0.4, 0.5) is 14.5 Å². The van der Waals surface area contributed by atoms with Gasteiger partial charge in [0.15, 0.2) is 5.69 Å². The summed E-state index contributed by atoms with van der Waals surface area (Å²) in [6.07, 6.45) is -3.11. The Kier molecular flexibility index (Phi) is 3.93. The number of carbonyl (C=O) groups excluding carboxylic acids is 1. The van der Waals surface area contributed by atoms with Crippen molar-refractivity contribution < 1.29 is 18.3 Å². The molecule has 5 nitrogen and oxygen atoms in total. The largest absolute Gasteiger partial charge is 0.469 e. The molecule has 2 N–H and O–H groups in total.